The van der Waals surface area contributed by atoms with E-state index in [2.05, 4.69) is 31.6 Å². The Hall–Kier alpha value is -1.92. The van der Waals surface area contributed by atoms with Gasteiger partial charge in [-0.1, -0.05) is 6.42 Å². The zero-order chi connectivity index (χ0) is 15.5. The highest BCUT2D eigenvalue weighted by Crippen LogP contribution is 2.28. The average molecular weight is 328 g/mol. The number of nitrogens with zero attached hydrogens (tertiary/aromatic N) is 3. The second-order valence-corrected chi connectivity index (χ2v) is 6.78. The molecule has 0 saturated carbocycles. The molecule has 0 spiro atoms. The average Bonchev–Trinajstić information content (AvgIpc) is 3.28. The molecular weight excluding hydrogens is 308 g/mol. The van der Waals surface area contributed by atoms with Gasteiger partial charge in [0.15, 0.2) is 0 Å². The first-order chi connectivity index (χ1) is 11.4. The third kappa shape index (κ3) is 3.09. The minimum Gasteiger partial charge on any atom is -0.468 e. The molecule has 3 aromatic heterocycles. The highest BCUT2D eigenvalue weighted by molar-refractivity contribution is 7.17. The third-order valence-corrected chi connectivity index (χ3v) is 5.32. The highest BCUT2D eigenvalue weighted by Gasteiger charge is 2.24. The van der Waals surface area contributed by atoms with Crippen molar-refractivity contribution in [3.8, 4) is 0 Å². The molecule has 3 aromatic rings. The van der Waals surface area contributed by atoms with E-state index in [1.54, 1.807) is 23.9 Å². The summed E-state index contributed by atoms with van der Waals surface area (Å²) in [5.74, 6) is 1.94. The molecule has 1 aliphatic heterocycles. The van der Waals surface area contributed by atoms with E-state index in [9.17, 15) is 0 Å². The molecule has 23 heavy (non-hydrogen) atoms. The van der Waals surface area contributed by atoms with Crippen molar-refractivity contribution in [2.24, 2.45) is 0 Å². The highest BCUT2D eigenvalue weighted by atomic mass is 32.1. The van der Waals surface area contributed by atoms with Crippen LogP contribution in [0.15, 0.2) is 40.6 Å². The van der Waals surface area contributed by atoms with Crippen LogP contribution >= 0.6 is 11.3 Å². The molecule has 0 aliphatic carbocycles. The van der Waals surface area contributed by atoms with Crippen LogP contribution in [-0.2, 0) is 0 Å². The van der Waals surface area contributed by atoms with E-state index in [0.717, 1.165) is 41.4 Å². The largest absolute Gasteiger partial charge is 0.468 e. The summed E-state index contributed by atoms with van der Waals surface area (Å²) in [7, 11) is 0. The first-order valence-corrected chi connectivity index (χ1v) is 8.99. The summed E-state index contributed by atoms with van der Waals surface area (Å²) in [5, 5.41) is 5.57. The Morgan fingerprint density at radius 2 is 2.13 bits per heavy atom. The van der Waals surface area contributed by atoms with Crippen molar-refractivity contribution >= 4 is 27.4 Å². The monoisotopic (exact) mass is 328 g/mol. The predicted octanol–water partition coefficient (Wildman–Crippen LogP) is 3.92. The first kappa shape index (κ1) is 14.7. The van der Waals surface area contributed by atoms with Crippen molar-refractivity contribution in [2.75, 3.05) is 25.0 Å². The molecule has 0 aromatic carbocycles. The molecule has 120 valence electrons. The second kappa shape index (κ2) is 6.68. The molecule has 1 aliphatic rings. The van der Waals surface area contributed by atoms with Gasteiger partial charge in [-0.05, 0) is 49.5 Å². The van der Waals surface area contributed by atoms with Crippen molar-refractivity contribution in [1.82, 2.24) is 14.9 Å². The summed E-state index contributed by atoms with van der Waals surface area (Å²) < 4.78 is 6.81. The number of anilines is 1. The Bertz CT molecular complexity index is 749. The lowest BCUT2D eigenvalue weighted by Gasteiger charge is -2.33. The number of likely N-dealkylation sites (tertiary alicyclic amines) is 1. The van der Waals surface area contributed by atoms with Crippen molar-refractivity contribution < 1.29 is 4.42 Å². The van der Waals surface area contributed by atoms with Crippen LogP contribution in [0.5, 0.6) is 0 Å². The summed E-state index contributed by atoms with van der Waals surface area (Å²) in [4.78, 5) is 11.2. The molecular formula is C17H20N4OS. The smallest absolute Gasteiger partial charge is 0.147 e. The van der Waals surface area contributed by atoms with Crippen LogP contribution in [0.1, 0.15) is 31.1 Å². The molecule has 0 amide bonds. The van der Waals surface area contributed by atoms with Gasteiger partial charge in [0, 0.05) is 6.54 Å². The van der Waals surface area contributed by atoms with Crippen LogP contribution in [0, 0.1) is 0 Å². The van der Waals surface area contributed by atoms with Crippen molar-refractivity contribution in [3.63, 3.8) is 0 Å². The lowest BCUT2D eigenvalue weighted by atomic mass is 10.1. The zero-order valence-corrected chi connectivity index (χ0v) is 13.8. The standard InChI is InChI=1S/C17H20N4OS/c1-2-7-21(8-3-1)14(15-5-4-9-22-15)11-18-17-16-13(6-10-23-16)19-12-20-17/h4-6,9-10,12,14H,1-3,7-8,11H2,(H,18,19,20). The number of nitrogens with one attached hydrogen (secondary N) is 1. The van der Waals surface area contributed by atoms with Crippen molar-refractivity contribution in [3.05, 3.63) is 41.9 Å². The number of rotatable bonds is 5. The number of hydrogen-bond acceptors (Lipinski definition) is 6. The van der Waals surface area contributed by atoms with E-state index in [0.29, 0.717) is 0 Å². The number of piperidine rings is 1. The van der Waals surface area contributed by atoms with E-state index in [4.69, 9.17) is 4.42 Å². The lowest BCUT2D eigenvalue weighted by Crippen LogP contribution is -2.37. The number of aromatic nitrogens is 2. The van der Waals surface area contributed by atoms with Crippen molar-refractivity contribution in [2.45, 2.75) is 25.3 Å². The van der Waals surface area contributed by atoms with Crippen LogP contribution in [0.25, 0.3) is 10.2 Å². The molecule has 6 heteroatoms. The zero-order valence-electron chi connectivity index (χ0n) is 12.9. The lowest BCUT2D eigenvalue weighted by molar-refractivity contribution is 0.153. The Labute approximate surface area is 139 Å². The van der Waals surface area contributed by atoms with E-state index in [1.807, 2.05) is 12.1 Å². The van der Waals surface area contributed by atoms with Gasteiger partial charge in [0.05, 0.1) is 22.5 Å². The topological polar surface area (TPSA) is 54.2 Å². The normalized spacial score (nSPS) is 17.4. The van der Waals surface area contributed by atoms with Crippen LogP contribution in [-0.4, -0.2) is 34.5 Å². The van der Waals surface area contributed by atoms with E-state index >= 15 is 0 Å². The predicted molar refractivity (Wildman–Crippen MR) is 92.8 cm³/mol. The minimum atomic E-state index is 0.246. The molecule has 0 radical (unpaired) electrons. The quantitative estimate of drug-likeness (QED) is 0.769. The van der Waals surface area contributed by atoms with E-state index < -0.39 is 0 Å². The van der Waals surface area contributed by atoms with Gasteiger partial charge in [-0.2, -0.15) is 0 Å². The summed E-state index contributed by atoms with van der Waals surface area (Å²) in [5.41, 5.74) is 1.00. The van der Waals surface area contributed by atoms with Crippen LogP contribution in [0.3, 0.4) is 0 Å². The van der Waals surface area contributed by atoms with E-state index in [1.165, 1.54) is 19.3 Å². The van der Waals surface area contributed by atoms with Gasteiger partial charge < -0.3 is 9.73 Å². The minimum absolute atomic E-state index is 0.246. The summed E-state index contributed by atoms with van der Waals surface area (Å²) >= 11 is 1.67. The Kier molecular flexibility index (Phi) is 4.26. The summed E-state index contributed by atoms with van der Waals surface area (Å²) in [6.45, 7) is 3.05. The maximum atomic E-state index is 5.70. The Morgan fingerprint density at radius 1 is 1.22 bits per heavy atom. The second-order valence-electron chi connectivity index (χ2n) is 5.87. The number of hydrogen-bond donors (Lipinski definition) is 1. The molecule has 1 atom stereocenters. The first-order valence-electron chi connectivity index (χ1n) is 8.11. The molecule has 4 rings (SSSR count). The maximum absolute atomic E-state index is 5.70. The van der Waals surface area contributed by atoms with E-state index in [-0.39, 0.29) is 6.04 Å². The molecule has 1 N–H and O–H groups in total. The molecule has 1 saturated heterocycles. The molecule has 5 nitrogen and oxygen atoms in total. The maximum Gasteiger partial charge on any atom is 0.147 e. The van der Waals surface area contributed by atoms with Crippen LogP contribution in [0.4, 0.5) is 5.82 Å². The van der Waals surface area contributed by atoms with Gasteiger partial charge in [-0.3, -0.25) is 4.90 Å². The van der Waals surface area contributed by atoms with Crippen molar-refractivity contribution in [1.29, 1.82) is 0 Å². The van der Waals surface area contributed by atoms with Gasteiger partial charge in [-0.15, -0.1) is 11.3 Å². The van der Waals surface area contributed by atoms with Gasteiger partial charge in [-0.25, -0.2) is 9.97 Å². The molecule has 0 bridgehead atoms. The summed E-state index contributed by atoms with van der Waals surface area (Å²) in [6, 6.07) is 6.31. The molecule has 4 heterocycles. The number of thiophene rings is 1. The number of furan rings is 1. The fraction of sp³-hybridized carbons (Fsp3) is 0.412. The molecule has 1 unspecified atom stereocenters. The SMILES string of the molecule is c1coc(C(CNc2ncnc3ccsc23)N2CCCCC2)c1. The van der Waals surface area contributed by atoms with Crippen LogP contribution < -0.4 is 5.32 Å². The van der Waals surface area contributed by atoms with Gasteiger partial charge in [0.1, 0.15) is 17.9 Å². The fourth-order valence-corrected chi connectivity index (χ4v) is 4.04. The third-order valence-electron chi connectivity index (χ3n) is 4.41. The summed E-state index contributed by atoms with van der Waals surface area (Å²) in [6.07, 6.45) is 7.24. The van der Waals surface area contributed by atoms with Gasteiger partial charge >= 0.3 is 0 Å². The molecule has 1 fully saturated rings. The Balaban J connectivity index is 1.54. The van der Waals surface area contributed by atoms with Gasteiger partial charge in [0.2, 0.25) is 0 Å². The Morgan fingerprint density at radius 3 is 2.96 bits per heavy atom. The number of fused-ring (bicyclic) bond motifs is 1. The van der Waals surface area contributed by atoms with Gasteiger partial charge in [0.25, 0.3) is 0 Å². The van der Waals surface area contributed by atoms with Crippen LogP contribution in [0.2, 0.25) is 0 Å². The fourth-order valence-electron chi connectivity index (χ4n) is 3.23.